The highest BCUT2D eigenvalue weighted by Crippen LogP contribution is 2.26. The number of hydrogen-bond donors (Lipinski definition) is 6. The fraction of sp³-hybridized carbons (Fsp3) is 0.944. The van der Waals surface area contributed by atoms with Gasteiger partial charge in [0.25, 0.3) is 0 Å². The summed E-state index contributed by atoms with van der Waals surface area (Å²) in [5.74, 6) is -0.257. The summed E-state index contributed by atoms with van der Waals surface area (Å²) >= 11 is 0. The molecular formula is C54H105NO11S. The Morgan fingerprint density at radius 2 is 0.940 bits per heavy atom. The van der Waals surface area contributed by atoms with Crippen molar-refractivity contribution in [3.05, 3.63) is 12.2 Å². The zero-order valence-electron chi connectivity index (χ0n) is 43.0. The molecule has 7 atom stereocenters. The van der Waals surface area contributed by atoms with Crippen LogP contribution in [0.1, 0.15) is 271 Å². The molecule has 1 aliphatic heterocycles. The van der Waals surface area contributed by atoms with Crippen LogP contribution in [-0.2, 0) is 28.9 Å². The van der Waals surface area contributed by atoms with E-state index in [9.17, 15) is 38.2 Å². The Kier molecular flexibility index (Phi) is 42.7. The van der Waals surface area contributed by atoms with Crippen LogP contribution in [0, 0.1) is 0 Å². The molecule has 0 saturated carbocycles. The third-order valence-corrected chi connectivity index (χ3v) is 14.0. The van der Waals surface area contributed by atoms with Crippen molar-refractivity contribution in [2.24, 2.45) is 0 Å². The number of carbonyl (C=O) groups is 1. The summed E-state index contributed by atoms with van der Waals surface area (Å²) in [6.45, 7) is 3.42. The van der Waals surface area contributed by atoms with Crippen molar-refractivity contribution in [3.8, 4) is 0 Å². The maximum absolute atomic E-state index is 13.1. The van der Waals surface area contributed by atoms with Crippen LogP contribution in [0.25, 0.3) is 0 Å². The zero-order valence-corrected chi connectivity index (χ0v) is 43.8. The second-order valence-electron chi connectivity index (χ2n) is 19.9. The van der Waals surface area contributed by atoms with Crippen molar-refractivity contribution in [1.29, 1.82) is 0 Å². The number of ether oxygens (including phenoxy) is 2. The molecule has 0 aliphatic carbocycles. The van der Waals surface area contributed by atoms with Gasteiger partial charge in [-0.2, -0.15) is 8.42 Å². The second kappa shape index (κ2) is 44.8. The van der Waals surface area contributed by atoms with Crippen LogP contribution >= 0.6 is 0 Å². The Morgan fingerprint density at radius 1 is 0.582 bits per heavy atom. The summed E-state index contributed by atoms with van der Waals surface area (Å²) in [4.78, 5) is 13.1. The largest absolute Gasteiger partial charge is 0.397 e. The van der Waals surface area contributed by atoms with E-state index < -0.39 is 59.9 Å². The number of nitrogens with one attached hydrogen (secondary N) is 1. The summed E-state index contributed by atoms with van der Waals surface area (Å²) in [5.41, 5.74) is 0. The van der Waals surface area contributed by atoms with Crippen molar-refractivity contribution in [2.45, 2.75) is 314 Å². The second-order valence-corrected chi connectivity index (χ2v) is 20.9. The third-order valence-electron chi connectivity index (χ3n) is 13.6. The van der Waals surface area contributed by atoms with E-state index in [0.29, 0.717) is 6.42 Å². The zero-order chi connectivity index (χ0) is 49.1. The molecule has 67 heavy (non-hydrogen) atoms. The normalized spacial score (nSPS) is 19.9. The Hall–Kier alpha value is -1.16. The fourth-order valence-corrected chi connectivity index (χ4v) is 9.73. The van der Waals surface area contributed by atoms with Crippen LogP contribution in [0.4, 0.5) is 0 Å². The molecule has 12 nitrogen and oxygen atoms in total. The first-order chi connectivity index (χ1) is 32.5. The molecule has 398 valence electrons. The van der Waals surface area contributed by atoms with Gasteiger partial charge in [0.1, 0.15) is 24.4 Å². The molecule has 1 fully saturated rings. The van der Waals surface area contributed by atoms with E-state index in [1.54, 1.807) is 6.08 Å². The minimum Gasteiger partial charge on any atom is -0.394 e. The molecule has 1 aliphatic rings. The van der Waals surface area contributed by atoms with E-state index in [0.717, 1.165) is 38.5 Å². The van der Waals surface area contributed by atoms with E-state index in [4.69, 9.17) is 9.47 Å². The molecule has 1 heterocycles. The molecule has 6 N–H and O–H groups in total. The SMILES string of the molecule is CCCCCCCCCCCCCC/C=C/C(O)C(COC1OC(CO)C(O)C(OS(=O)(=O)O)C1O)NC(=O)CCCCCCCCCCCCCCCCCCCCCCCCCCCC. The average molecular weight is 976 g/mol. The van der Waals surface area contributed by atoms with E-state index in [1.165, 1.54) is 205 Å². The van der Waals surface area contributed by atoms with Crippen LogP contribution in [-0.4, -0.2) is 95.4 Å². The molecule has 7 unspecified atom stereocenters. The van der Waals surface area contributed by atoms with E-state index >= 15 is 0 Å². The molecular weight excluding hydrogens is 871 g/mol. The Labute approximate surface area is 410 Å². The lowest BCUT2D eigenvalue weighted by atomic mass is 9.99. The smallest absolute Gasteiger partial charge is 0.394 e. The van der Waals surface area contributed by atoms with Crippen LogP contribution in [0.2, 0.25) is 0 Å². The highest BCUT2D eigenvalue weighted by Gasteiger charge is 2.48. The standard InChI is InChI=1S/C54H105NO11S/c1-3-5-7-9-11-13-15-17-19-20-21-22-23-24-25-26-27-28-29-30-32-34-36-38-40-42-44-50(58)55-47(46-64-54-52(60)53(66-67(61,62)63)51(59)49(45-56)65-54)48(57)43-41-39-37-35-33-31-18-16-14-12-10-8-6-4-2/h41,43,47-49,51-54,56-57,59-60H,3-40,42,44-46H2,1-2H3,(H,55,58)(H,61,62,63)/b43-41+. The minimum absolute atomic E-state index is 0.257. The van der Waals surface area contributed by atoms with Gasteiger partial charge in [-0.15, -0.1) is 0 Å². The first-order valence-corrected chi connectivity index (χ1v) is 29.4. The number of hydrogen-bond acceptors (Lipinski definition) is 10. The van der Waals surface area contributed by atoms with Crippen LogP contribution in [0.15, 0.2) is 12.2 Å². The predicted molar refractivity (Wildman–Crippen MR) is 273 cm³/mol. The highest BCUT2D eigenvalue weighted by molar-refractivity contribution is 7.80. The summed E-state index contributed by atoms with van der Waals surface area (Å²) in [6.07, 6.45) is 44.1. The number of aliphatic hydroxyl groups excluding tert-OH is 4. The van der Waals surface area contributed by atoms with Crippen molar-refractivity contribution < 1.29 is 51.8 Å². The quantitative estimate of drug-likeness (QED) is 0.0193. The van der Waals surface area contributed by atoms with Gasteiger partial charge < -0.3 is 35.2 Å². The van der Waals surface area contributed by atoms with E-state index in [-0.39, 0.29) is 18.9 Å². The number of aliphatic hydroxyl groups is 4. The van der Waals surface area contributed by atoms with Crippen molar-refractivity contribution in [2.75, 3.05) is 13.2 Å². The van der Waals surface area contributed by atoms with Gasteiger partial charge in [-0.05, 0) is 19.3 Å². The summed E-state index contributed by atoms with van der Waals surface area (Å²) < 4.78 is 47.7. The number of amides is 1. The van der Waals surface area contributed by atoms with Gasteiger partial charge in [-0.25, -0.2) is 4.18 Å². The monoisotopic (exact) mass is 976 g/mol. The Balaban J connectivity index is 2.32. The van der Waals surface area contributed by atoms with Crippen LogP contribution < -0.4 is 5.32 Å². The third kappa shape index (κ3) is 37.3. The van der Waals surface area contributed by atoms with Crippen molar-refractivity contribution >= 4 is 16.3 Å². The van der Waals surface area contributed by atoms with Gasteiger partial charge in [0.2, 0.25) is 5.91 Å². The summed E-state index contributed by atoms with van der Waals surface area (Å²) in [5, 5.41) is 44.9. The lowest BCUT2D eigenvalue weighted by Crippen LogP contribution is -2.61. The fourth-order valence-electron chi connectivity index (χ4n) is 9.22. The lowest BCUT2D eigenvalue weighted by molar-refractivity contribution is -0.298. The number of carbonyl (C=O) groups excluding carboxylic acids is 1. The molecule has 1 amide bonds. The molecule has 0 spiro atoms. The Bertz CT molecular complexity index is 1240. The lowest BCUT2D eigenvalue weighted by Gasteiger charge is -2.41. The van der Waals surface area contributed by atoms with Crippen molar-refractivity contribution in [3.63, 3.8) is 0 Å². The van der Waals surface area contributed by atoms with E-state index in [2.05, 4.69) is 23.3 Å². The molecule has 13 heteroatoms. The highest BCUT2D eigenvalue weighted by atomic mass is 32.3. The van der Waals surface area contributed by atoms with Gasteiger partial charge in [0.05, 0.1) is 25.4 Å². The predicted octanol–water partition coefficient (Wildman–Crippen LogP) is 12.7. The van der Waals surface area contributed by atoms with Gasteiger partial charge in [0.15, 0.2) is 6.29 Å². The molecule has 1 rings (SSSR count). The average Bonchev–Trinajstić information content (AvgIpc) is 3.30. The van der Waals surface area contributed by atoms with Gasteiger partial charge in [-0.3, -0.25) is 9.35 Å². The maximum Gasteiger partial charge on any atom is 0.397 e. The number of rotatable bonds is 49. The molecule has 0 aromatic carbocycles. The molecule has 0 radical (unpaired) electrons. The summed E-state index contributed by atoms with van der Waals surface area (Å²) in [7, 11) is -5.08. The van der Waals surface area contributed by atoms with Gasteiger partial charge in [-0.1, -0.05) is 257 Å². The van der Waals surface area contributed by atoms with Crippen LogP contribution in [0.3, 0.4) is 0 Å². The Morgan fingerprint density at radius 3 is 1.30 bits per heavy atom. The molecule has 1 saturated heterocycles. The topological polar surface area (TPSA) is 192 Å². The minimum atomic E-state index is -5.08. The molecule has 0 aromatic rings. The van der Waals surface area contributed by atoms with Crippen LogP contribution in [0.5, 0.6) is 0 Å². The summed E-state index contributed by atoms with van der Waals surface area (Å²) in [6, 6.07) is -0.939. The van der Waals surface area contributed by atoms with Crippen molar-refractivity contribution in [1.82, 2.24) is 5.32 Å². The first-order valence-electron chi connectivity index (χ1n) is 28.1. The number of unbranched alkanes of at least 4 members (excludes halogenated alkanes) is 37. The maximum atomic E-state index is 13.1. The number of allylic oxidation sites excluding steroid dienone is 1. The first kappa shape index (κ1) is 63.9. The van der Waals surface area contributed by atoms with Gasteiger partial charge >= 0.3 is 10.4 Å². The van der Waals surface area contributed by atoms with E-state index in [1.807, 2.05) is 6.08 Å². The molecule has 0 aromatic heterocycles. The molecule has 0 bridgehead atoms. The van der Waals surface area contributed by atoms with Gasteiger partial charge in [0, 0.05) is 6.42 Å².